The first kappa shape index (κ1) is 21.4. The van der Waals surface area contributed by atoms with E-state index in [1.807, 2.05) is 6.07 Å². The van der Waals surface area contributed by atoms with Gasteiger partial charge in [-0.15, -0.1) is 0 Å². The van der Waals surface area contributed by atoms with Crippen molar-refractivity contribution in [2.45, 2.75) is 18.9 Å². The fraction of sp³-hybridized carbons (Fsp3) is 0.263. The maximum atomic E-state index is 12.3. The van der Waals surface area contributed by atoms with Crippen molar-refractivity contribution < 1.29 is 24.2 Å². The Hall–Kier alpha value is -1.94. The van der Waals surface area contributed by atoms with E-state index in [1.165, 1.54) is 0 Å². The van der Waals surface area contributed by atoms with Gasteiger partial charge in [0.15, 0.2) is 0 Å². The average Bonchev–Trinajstić information content (AvgIpc) is 2.66. The molecule has 0 spiro atoms. The molecule has 0 heterocycles. The normalized spacial score (nSPS) is 11.5. The van der Waals surface area contributed by atoms with Gasteiger partial charge in [0, 0.05) is 14.8 Å². The summed E-state index contributed by atoms with van der Waals surface area (Å²) in [5.74, 6) is -0.355. The quantitative estimate of drug-likeness (QED) is 0.214. The van der Waals surface area contributed by atoms with Gasteiger partial charge in [-0.2, -0.15) is 12.6 Å². The van der Waals surface area contributed by atoms with Crippen LogP contribution in [-0.4, -0.2) is 29.5 Å². The van der Waals surface area contributed by atoms with Crippen molar-refractivity contribution in [1.29, 1.82) is 0 Å². The zero-order valence-corrected chi connectivity index (χ0v) is 17.5. The van der Waals surface area contributed by atoms with Crippen LogP contribution in [0.2, 0.25) is 0 Å². The van der Waals surface area contributed by atoms with E-state index in [4.69, 9.17) is 9.47 Å². The van der Waals surface area contributed by atoms with Gasteiger partial charge in [-0.25, -0.2) is 4.79 Å². The highest BCUT2D eigenvalue weighted by atomic mass is 127. The fourth-order valence-corrected chi connectivity index (χ4v) is 2.97. The third-order valence-electron chi connectivity index (χ3n) is 3.61. The van der Waals surface area contributed by atoms with Crippen LogP contribution < -0.4 is 5.32 Å². The number of rotatable bonds is 8. The third kappa shape index (κ3) is 7.30. The average molecular weight is 501 g/mol. The van der Waals surface area contributed by atoms with Gasteiger partial charge in [0.1, 0.15) is 11.9 Å². The summed E-state index contributed by atoms with van der Waals surface area (Å²) in [6.07, 6.45) is -0.460. The minimum atomic E-state index is -0.682. The fourth-order valence-electron chi connectivity index (χ4n) is 2.36. The van der Waals surface area contributed by atoms with Gasteiger partial charge in [0.25, 0.3) is 0 Å². The molecule has 0 bridgehead atoms. The summed E-state index contributed by atoms with van der Waals surface area (Å²) < 4.78 is 11.4. The molecule has 1 atom stereocenters. The maximum Gasteiger partial charge on any atom is 0.412 e. The Bertz CT molecular complexity index is 772. The number of phenols is 1. The molecule has 8 heteroatoms. The van der Waals surface area contributed by atoms with Gasteiger partial charge in [-0.1, -0.05) is 18.2 Å². The number of aromatic hydroxyl groups is 1. The number of ether oxygens (including phenoxy) is 2. The minimum Gasteiger partial charge on any atom is -0.508 e. The van der Waals surface area contributed by atoms with Crippen molar-refractivity contribution in [3.05, 3.63) is 57.7 Å². The number of esters is 1. The van der Waals surface area contributed by atoms with Crippen molar-refractivity contribution in [2.75, 3.05) is 17.7 Å². The lowest BCUT2D eigenvalue weighted by Crippen LogP contribution is -2.18. The molecule has 0 radical (unpaired) electrons. The van der Waals surface area contributed by atoms with Gasteiger partial charge in [0.2, 0.25) is 0 Å². The van der Waals surface area contributed by atoms with Crippen LogP contribution in [0.1, 0.15) is 24.5 Å². The summed E-state index contributed by atoms with van der Waals surface area (Å²) in [5.41, 5.74) is 1.11. The number of hydrogen-bond acceptors (Lipinski definition) is 6. The number of benzene rings is 2. The molecule has 0 aromatic heterocycles. The molecule has 2 aromatic carbocycles. The molecule has 2 aromatic rings. The SMILES string of the molecule is O=C(CS)OCCC[C@H](OC(=O)Nc1ccccc1)c1cc(I)ccc1O. The molecule has 1 amide bonds. The standard InChI is InChI=1S/C19H20INO5S/c20-13-8-9-16(22)15(11-13)17(7-4-10-25-18(23)12-27)26-19(24)21-14-5-2-1-3-6-14/h1-3,5-6,8-9,11,17,22,27H,4,7,10,12H2,(H,21,24)/t17-/m0/s1. The van der Waals surface area contributed by atoms with E-state index in [1.54, 1.807) is 42.5 Å². The second-order valence-corrected chi connectivity index (χ2v) is 7.17. The molecule has 0 aliphatic carbocycles. The number of thiol groups is 1. The number of phenolic OH excluding ortho intramolecular Hbond substituents is 1. The number of amides is 1. The highest BCUT2D eigenvalue weighted by Crippen LogP contribution is 2.32. The Labute approximate surface area is 176 Å². The Morgan fingerprint density at radius 3 is 2.63 bits per heavy atom. The molecule has 0 saturated carbocycles. The molecular formula is C19H20INO5S. The van der Waals surface area contributed by atoms with E-state index < -0.39 is 18.2 Å². The largest absolute Gasteiger partial charge is 0.508 e. The van der Waals surface area contributed by atoms with Crippen LogP contribution >= 0.6 is 35.2 Å². The highest BCUT2D eigenvalue weighted by molar-refractivity contribution is 14.1. The molecule has 0 aliphatic rings. The first-order chi connectivity index (χ1) is 13.0. The number of hydrogen-bond donors (Lipinski definition) is 3. The van der Waals surface area contributed by atoms with Crippen LogP contribution in [0.25, 0.3) is 0 Å². The lowest BCUT2D eigenvalue weighted by atomic mass is 10.0. The van der Waals surface area contributed by atoms with Gasteiger partial charge in [0.05, 0.1) is 12.4 Å². The molecule has 0 fully saturated rings. The van der Waals surface area contributed by atoms with Crippen molar-refractivity contribution in [1.82, 2.24) is 0 Å². The van der Waals surface area contributed by atoms with E-state index in [9.17, 15) is 14.7 Å². The van der Waals surface area contributed by atoms with Gasteiger partial charge >= 0.3 is 12.1 Å². The lowest BCUT2D eigenvalue weighted by molar-refractivity contribution is -0.140. The Kier molecular flexibility index (Phi) is 8.73. The molecule has 27 heavy (non-hydrogen) atoms. The van der Waals surface area contributed by atoms with Crippen molar-refractivity contribution in [2.24, 2.45) is 0 Å². The summed E-state index contributed by atoms with van der Waals surface area (Å²) in [7, 11) is 0. The summed E-state index contributed by atoms with van der Waals surface area (Å²) >= 11 is 5.97. The van der Waals surface area contributed by atoms with Crippen LogP contribution in [0.4, 0.5) is 10.5 Å². The number of halogens is 1. The molecule has 144 valence electrons. The number of para-hydroxylation sites is 1. The summed E-state index contributed by atoms with van der Waals surface area (Å²) in [4.78, 5) is 23.4. The molecule has 6 nitrogen and oxygen atoms in total. The summed E-state index contributed by atoms with van der Waals surface area (Å²) in [6.45, 7) is 0.185. The number of nitrogens with one attached hydrogen (secondary N) is 1. The van der Waals surface area contributed by atoms with E-state index in [-0.39, 0.29) is 18.1 Å². The van der Waals surface area contributed by atoms with Crippen molar-refractivity contribution >= 4 is 53.0 Å². The van der Waals surface area contributed by atoms with Crippen LogP contribution in [0, 0.1) is 3.57 Å². The predicted octanol–water partition coefficient (Wildman–Crippen LogP) is 4.54. The smallest absolute Gasteiger partial charge is 0.412 e. The van der Waals surface area contributed by atoms with Crippen LogP contribution in [0.15, 0.2) is 48.5 Å². The first-order valence-corrected chi connectivity index (χ1v) is 9.98. The first-order valence-electron chi connectivity index (χ1n) is 8.27. The van der Waals surface area contributed by atoms with Crippen molar-refractivity contribution in [3.8, 4) is 5.75 Å². The van der Waals surface area contributed by atoms with Crippen LogP contribution in [0.5, 0.6) is 5.75 Å². The minimum absolute atomic E-state index is 0.0110. The van der Waals surface area contributed by atoms with Gasteiger partial charge in [-0.3, -0.25) is 10.1 Å². The molecule has 0 aliphatic heterocycles. The number of anilines is 1. The Morgan fingerprint density at radius 2 is 1.93 bits per heavy atom. The van der Waals surface area contributed by atoms with Gasteiger partial charge < -0.3 is 14.6 Å². The molecule has 0 saturated heterocycles. The monoisotopic (exact) mass is 501 g/mol. The van der Waals surface area contributed by atoms with Gasteiger partial charge in [-0.05, 0) is 65.8 Å². The van der Waals surface area contributed by atoms with Crippen LogP contribution in [-0.2, 0) is 14.3 Å². The molecule has 2 N–H and O–H groups in total. The molecule has 0 unspecified atom stereocenters. The predicted molar refractivity (Wildman–Crippen MR) is 114 cm³/mol. The van der Waals surface area contributed by atoms with E-state index in [0.717, 1.165) is 3.57 Å². The van der Waals surface area contributed by atoms with Crippen LogP contribution in [0.3, 0.4) is 0 Å². The summed E-state index contributed by atoms with van der Waals surface area (Å²) in [6, 6.07) is 14.0. The lowest BCUT2D eigenvalue weighted by Gasteiger charge is -2.20. The Balaban J connectivity index is 2.05. The van der Waals surface area contributed by atoms with Crippen molar-refractivity contribution in [3.63, 3.8) is 0 Å². The Morgan fingerprint density at radius 1 is 1.19 bits per heavy atom. The number of carbonyl (C=O) groups is 2. The van der Waals surface area contributed by atoms with E-state index >= 15 is 0 Å². The maximum absolute atomic E-state index is 12.3. The zero-order valence-electron chi connectivity index (χ0n) is 14.4. The molecule has 2 rings (SSSR count). The second-order valence-electron chi connectivity index (χ2n) is 5.61. The third-order valence-corrected chi connectivity index (χ3v) is 4.54. The molecular weight excluding hydrogens is 481 g/mol. The van der Waals surface area contributed by atoms with E-state index in [2.05, 4.69) is 40.5 Å². The zero-order chi connectivity index (χ0) is 19.6. The number of carbonyl (C=O) groups excluding carboxylic acids is 2. The van der Waals surface area contributed by atoms with E-state index in [0.29, 0.717) is 24.1 Å². The summed E-state index contributed by atoms with van der Waals surface area (Å²) in [5, 5.41) is 12.8. The second kappa shape index (κ2) is 11.0. The topological polar surface area (TPSA) is 84.9 Å². The highest BCUT2D eigenvalue weighted by Gasteiger charge is 2.21.